The molecule has 0 aromatic heterocycles. The van der Waals surface area contributed by atoms with Gasteiger partial charge in [0.25, 0.3) is 5.91 Å². The van der Waals surface area contributed by atoms with Crippen LogP contribution < -0.4 is 5.48 Å². The average molecular weight is 218 g/mol. The fourth-order valence-corrected chi connectivity index (χ4v) is 1.47. The number of rotatable bonds is 4. The molecule has 0 saturated carbocycles. The molecular formula is C9H12ClNO3. The third kappa shape index (κ3) is 2.83. The molecule has 0 radical (unpaired) electrons. The normalized spacial score (nSPS) is 15.8. The molecule has 0 aromatic rings. The monoisotopic (exact) mass is 217 g/mol. The Kier molecular flexibility index (Phi) is 4.13. The second-order valence-electron chi connectivity index (χ2n) is 2.99. The Hall–Kier alpha value is -0.840. The van der Waals surface area contributed by atoms with Gasteiger partial charge >= 0.3 is 0 Å². The first-order valence-corrected chi connectivity index (χ1v) is 4.61. The third-order valence-corrected chi connectivity index (χ3v) is 2.06. The van der Waals surface area contributed by atoms with Crippen LogP contribution in [0.15, 0.2) is 22.3 Å². The molecule has 2 N–H and O–H groups in total. The molecule has 4 nitrogen and oxygen atoms in total. The van der Waals surface area contributed by atoms with Gasteiger partial charge in [0.15, 0.2) is 0 Å². The molecule has 0 unspecified atom stereocenters. The first kappa shape index (κ1) is 11.2. The number of hydroxylamine groups is 1. The summed E-state index contributed by atoms with van der Waals surface area (Å²) in [6.45, 7) is 1.83. The Labute approximate surface area is 87.2 Å². The van der Waals surface area contributed by atoms with Crippen molar-refractivity contribution in [3.63, 3.8) is 0 Å². The van der Waals surface area contributed by atoms with Gasteiger partial charge in [0.2, 0.25) is 0 Å². The molecule has 1 aliphatic carbocycles. The van der Waals surface area contributed by atoms with Gasteiger partial charge in [0, 0.05) is 11.5 Å². The summed E-state index contributed by atoms with van der Waals surface area (Å²) in [5.41, 5.74) is 3.67. The number of carbonyl (C=O) groups is 1. The number of halogens is 1. The standard InChI is InChI=1S/C9H12ClNO3/c1-6-4-7(8(10)5-6)9(13)11-14-3-2-12/h4,12H,2-3,5H2,1H3,(H,11,13). The molecule has 1 amide bonds. The van der Waals surface area contributed by atoms with Crippen molar-refractivity contribution in [1.29, 1.82) is 0 Å². The summed E-state index contributed by atoms with van der Waals surface area (Å²) in [6.07, 6.45) is 2.34. The van der Waals surface area contributed by atoms with E-state index in [1.54, 1.807) is 6.08 Å². The molecular weight excluding hydrogens is 206 g/mol. The van der Waals surface area contributed by atoms with E-state index in [0.717, 1.165) is 5.57 Å². The molecule has 1 aliphatic rings. The van der Waals surface area contributed by atoms with Crippen LogP contribution in [0.3, 0.4) is 0 Å². The highest BCUT2D eigenvalue weighted by atomic mass is 35.5. The van der Waals surface area contributed by atoms with Crippen LogP contribution in [0.2, 0.25) is 0 Å². The maximum atomic E-state index is 11.4. The van der Waals surface area contributed by atoms with Gasteiger partial charge in [0.05, 0.1) is 18.8 Å². The zero-order chi connectivity index (χ0) is 10.6. The Bertz CT molecular complexity index is 296. The van der Waals surface area contributed by atoms with Gasteiger partial charge < -0.3 is 5.11 Å². The van der Waals surface area contributed by atoms with E-state index in [0.29, 0.717) is 17.0 Å². The predicted molar refractivity (Wildman–Crippen MR) is 52.4 cm³/mol. The SMILES string of the molecule is CC1=CC(C(=O)NOCCO)=C(Cl)C1. The Balaban J connectivity index is 2.48. The van der Waals surface area contributed by atoms with Gasteiger partial charge in [-0.3, -0.25) is 9.63 Å². The van der Waals surface area contributed by atoms with Crippen molar-refractivity contribution in [2.24, 2.45) is 0 Å². The lowest BCUT2D eigenvalue weighted by Crippen LogP contribution is -2.26. The number of aliphatic hydroxyl groups excluding tert-OH is 1. The zero-order valence-corrected chi connectivity index (χ0v) is 8.60. The molecule has 0 aromatic carbocycles. The lowest BCUT2D eigenvalue weighted by molar-refractivity contribution is -0.129. The van der Waals surface area contributed by atoms with E-state index in [1.165, 1.54) is 0 Å². The van der Waals surface area contributed by atoms with Gasteiger partial charge in [0.1, 0.15) is 0 Å². The fraction of sp³-hybridized carbons (Fsp3) is 0.444. The van der Waals surface area contributed by atoms with Crippen molar-refractivity contribution in [2.75, 3.05) is 13.2 Å². The molecule has 0 bridgehead atoms. The zero-order valence-electron chi connectivity index (χ0n) is 7.84. The summed E-state index contributed by atoms with van der Waals surface area (Å²) in [4.78, 5) is 16.0. The van der Waals surface area contributed by atoms with Crippen LogP contribution in [0.5, 0.6) is 0 Å². The Morgan fingerprint density at radius 2 is 2.50 bits per heavy atom. The molecule has 0 fully saturated rings. The Morgan fingerprint density at radius 1 is 1.79 bits per heavy atom. The van der Waals surface area contributed by atoms with Gasteiger partial charge in [-0.15, -0.1) is 0 Å². The number of hydrogen-bond acceptors (Lipinski definition) is 3. The first-order chi connectivity index (χ1) is 6.65. The smallest absolute Gasteiger partial charge is 0.276 e. The number of amides is 1. The summed E-state index contributed by atoms with van der Waals surface area (Å²) in [7, 11) is 0. The summed E-state index contributed by atoms with van der Waals surface area (Å²) in [6, 6.07) is 0. The highest BCUT2D eigenvalue weighted by Crippen LogP contribution is 2.27. The van der Waals surface area contributed by atoms with E-state index < -0.39 is 0 Å². The largest absolute Gasteiger partial charge is 0.394 e. The number of allylic oxidation sites excluding steroid dienone is 2. The summed E-state index contributed by atoms with van der Waals surface area (Å²) in [5.74, 6) is -0.375. The number of carbonyl (C=O) groups excluding carboxylic acids is 1. The summed E-state index contributed by atoms with van der Waals surface area (Å²) >= 11 is 5.84. The molecule has 0 atom stereocenters. The summed E-state index contributed by atoms with van der Waals surface area (Å²) in [5, 5.41) is 8.93. The highest BCUT2D eigenvalue weighted by molar-refractivity contribution is 6.33. The van der Waals surface area contributed by atoms with E-state index >= 15 is 0 Å². The average Bonchev–Trinajstić information content (AvgIpc) is 2.45. The highest BCUT2D eigenvalue weighted by Gasteiger charge is 2.17. The van der Waals surface area contributed by atoms with Crippen molar-refractivity contribution in [3.8, 4) is 0 Å². The van der Waals surface area contributed by atoms with Crippen molar-refractivity contribution >= 4 is 17.5 Å². The molecule has 0 heterocycles. The van der Waals surface area contributed by atoms with E-state index in [4.69, 9.17) is 16.7 Å². The first-order valence-electron chi connectivity index (χ1n) is 4.24. The minimum Gasteiger partial charge on any atom is -0.394 e. The molecule has 0 spiro atoms. The molecule has 5 heteroatoms. The van der Waals surface area contributed by atoms with Crippen molar-refractivity contribution in [3.05, 3.63) is 22.3 Å². The second kappa shape index (κ2) is 5.14. The molecule has 0 aliphatic heterocycles. The minimum absolute atomic E-state index is 0.0688. The molecule has 0 saturated heterocycles. The van der Waals surface area contributed by atoms with Crippen LogP contribution in [0.1, 0.15) is 13.3 Å². The quantitative estimate of drug-likeness (QED) is 0.543. The van der Waals surface area contributed by atoms with Gasteiger partial charge in [-0.2, -0.15) is 0 Å². The molecule has 1 rings (SSSR count). The predicted octanol–water partition coefficient (Wildman–Crippen LogP) is 0.869. The molecule has 78 valence electrons. The third-order valence-electron chi connectivity index (χ3n) is 1.72. The second-order valence-corrected chi connectivity index (χ2v) is 3.45. The van der Waals surface area contributed by atoms with Gasteiger partial charge in [-0.05, 0) is 13.0 Å². The maximum absolute atomic E-state index is 11.4. The van der Waals surface area contributed by atoms with Crippen molar-refractivity contribution in [1.82, 2.24) is 5.48 Å². The Morgan fingerprint density at radius 3 is 3.00 bits per heavy atom. The van der Waals surface area contributed by atoms with Crippen LogP contribution in [0.25, 0.3) is 0 Å². The van der Waals surface area contributed by atoms with E-state index in [1.807, 2.05) is 6.92 Å². The lowest BCUT2D eigenvalue weighted by atomic mass is 10.2. The number of nitrogens with one attached hydrogen (secondary N) is 1. The maximum Gasteiger partial charge on any atom is 0.276 e. The van der Waals surface area contributed by atoms with E-state index in [9.17, 15) is 4.79 Å². The fourth-order valence-electron chi connectivity index (χ4n) is 1.12. The van der Waals surface area contributed by atoms with Gasteiger partial charge in [-0.1, -0.05) is 17.2 Å². The van der Waals surface area contributed by atoms with E-state index in [-0.39, 0.29) is 19.1 Å². The van der Waals surface area contributed by atoms with Gasteiger partial charge in [-0.25, -0.2) is 5.48 Å². The van der Waals surface area contributed by atoms with Crippen LogP contribution in [-0.2, 0) is 9.63 Å². The van der Waals surface area contributed by atoms with Crippen LogP contribution in [0.4, 0.5) is 0 Å². The summed E-state index contributed by atoms with van der Waals surface area (Å²) < 4.78 is 0. The van der Waals surface area contributed by atoms with E-state index in [2.05, 4.69) is 10.3 Å². The molecule has 14 heavy (non-hydrogen) atoms. The van der Waals surface area contributed by atoms with Crippen LogP contribution in [0, 0.1) is 0 Å². The number of hydrogen-bond donors (Lipinski definition) is 2. The van der Waals surface area contributed by atoms with Crippen LogP contribution in [-0.4, -0.2) is 24.2 Å². The van der Waals surface area contributed by atoms with Crippen LogP contribution >= 0.6 is 11.6 Å². The minimum atomic E-state index is -0.375. The van der Waals surface area contributed by atoms with Crippen molar-refractivity contribution < 1.29 is 14.7 Å². The lowest BCUT2D eigenvalue weighted by Gasteiger charge is -2.03. The van der Waals surface area contributed by atoms with Crippen molar-refractivity contribution in [2.45, 2.75) is 13.3 Å². The number of aliphatic hydroxyl groups is 1. The topological polar surface area (TPSA) is 58.6 Å².